The maximum Gasteiger partial charge on any atom is 0.251 e. The molecule has 0 saturated carbocycles. The van der Waals surface area contributed by atoms with Gasteiger partial charge in [0.25, 0.3) is 5.91 Å². The van der Waals surface area contributed by atoms with Crippen molar-refractivity contribution < 1.29 is 17.9 Å². The summed E-state index contributed by atoms with van der Waals surface area (Å²) >= 11 is 1.40. The fourth-order valence-corrected chi connectivity index (χ4v) is 7.37. The number of benzene rings is 1. The van der Waals surface area contributed by atoms with Crippen LogP contribution in [0.1, 0.15) is 26.7 Å². The Labute approximate surface area is 158 Å². The lowest BCUT2D eigenvalue weighted by molar-refractivity contribution is -0.121. The van der Waals surface area contributed by atoms with Crippen molar-refractivity contribution in [1.82, 2.24) is 0 Å². The molecule has 142 valence electrons. The molecule has 6 nitrogen and oxygen atoms in total. The van der Waals surface area contributed by atoms with Gasteiger partial charge in [-0.1, -0.05) is 31.7 Å². The molecule has 2 saturated heterocycles. The average Bonchev–Trinajstić information content (AvgIpc) is 3.06. The van der Waals surface area contributed by atoms with Crippen molar-refractivity contribution in [3.8, 4) is 5.75 Å². The molecule has 2 aliphatic rings. The quantitative estimate of drug-likeness (QED) is 0.762. The van der Waals surface area contributed by atoms with Gasteiger partial charge in [0.2, 0.25) is 0 Å². The molecule has 1 aromatic rings. The normalized spacial score (nSPS) is 25.7. The van der Waals surface area contributed by atoms with E-state index < -0.39 is 9.84 Å². The zero-order valence-corrected chi connectivity index (χ0v) is 16.8. The minimum atomic E-state index is -3.07. The number of carbonyl (C=O) groups is 1. The standard InChI is InChI=1S/C18H24N2O4S2/c1-4-12(5-2)17(21)19-18-20(13-7-6-8-14(9-13)24-3)15-10-26(22,23)11-16(15)25-18/h6-9,12,15-16H,4-5,10-11H2,1-3H3/t15-,16+/m0/s1. The highest BCUT2D eigenvalue weighted by atomic mass is 32.2. The second kappa shape index (κ2) is 7.60. The van der Waals surface area contributed by atoms with E-state index in [1.54, 1.807) is 7.11 Å². The number of amidine groups is 1. The third-order valence-corrected chi connectivity index (χ3v) is 8.15. The summed E-state index contributed by atoms with van der Waals surface area (Å²) in [5.41, 5.74) is 0.803. The number of sulfone groups is 1. The molecule has 0 bridgehead atoms. The number of nitrogens with zero attached hydrogens (tertiary/aromatic N) is 2. The number of fused-ring (bicyclic) bond motifs is 1. The molecule has 0 aliphatic carbocycles. The third kappa shape index (κ3) is 3.76. The van der Waals surface area contributed by atoms with Crippen LogP contribution < -0.4 is 9.64 Å². The van der Waals surface area contributed by atoms with Crippen LogP contribution >= 0.6 is 11.8 Å². The summed E-state index contributed by atoms with van der Waals surface area (Å²) in [4.78, 5) is 18.8. The number of amides is 1. The molecule has 8 heteroatoms. The molecule has 0 radical (unpaired) electrons. The summed E-state index contributed by atoms with van der Waals surface area (Å²) in [7, 11) is -1.48. The molecule has 26 heavy (non-hydrogen) atoms. The molecule has 0 aromatic heterocycles. The average molecular weight is 397 g/mol. The number of hydrogen-bond donors (Lipinski definition) is 0. The second-order valence-corrected chi connectivity index (χ2v) is 9.98. The number of hydrogen-bond acceptors (Lipinski definition) is 5. The topological polar surface area (TPSA) is 76.0 Å². The van der Waals surface area contributed by atoms with Gasteiger partial charge in [0, 0.05) is 22.9 Å². The molecule has 2 aliphatic heterocycles. The van der Waals surface area contributed by atoms with Gasteiger partial charge in [-0.05, 0) is 25.0 Å². The maximum absolute atomic E-state index is 12.5. The SMILES string of the molecule is CCC(CC)C(=O)N=C1S[C@@H]2CS(=O)(=O)C[C@@H]2N1c1cccc(OC)c1. The first-order valence-electron chi connectivity index (χ1n) is 8.81. The summed E-state index contributed by atoms with van der Waals surface area (Å²) in [5, 5.41) is 0.500. The Kier molecular flexibility index (Phi) is 5.62. The van der Waals surface area contributed by atoms with Crippen molar-refractivity contribution >= 4 is 38.4 Å². The highest BCUT2D eigenvalue weighted by molar-refractivity contribution is 8.16. The first-order chi connectivity index (χ1) is 12.4. The highest BCUT2D eigenvalue weighted by Crippen LogP contribution is 2.41. The van der Waals surface area contributed by atoms with Gasteiger partial charge in [0.05, 0.1) is 24.7 Å². The molecule has 1 aromatic carbocycles. The summed E-state index contributed by atoms with van der Waals surface area (Å²) in [5.74, 6) is 0.663. The number of carbonyl (C=O) groups excluding carboxylic acids is 1. The van der Waals surface area contributed by atoms with E-state index in [1.165, 1.54) is 11.8 Å². The van der Waals surface area contributed by atoms with E-state index in [2.05, 4.69) is 4.99 Å². The van der Waals surface area contributed by atoms with Gasteiger partial charge in [-0.2, -0.15) is 4.99 Å². The van der Waals surface area contributed by atoms with Gasteiger partial charge in [-0.15, -0.1) is 0 Å². The van der Waals surface area contributed by atoms with E-state index in [-0.39, 0.29) is 34.6 Å². The van der Waals surface area contributed by atoms with E-state index in [9.17, 15) is 13.2 Å². The lowest BCUT2D eigenvalue weighted by Gasteiger charge is -2.25. The molecule has 2 heterocycles. The van der Waals surface area contributed by atoms with Crippen molar-refractivity contribution in [1.29, 1.82) is 0 Å². The molecule has 2 atom stereocenters. The van der Waals surface area contributed by atoms with Crippen molar-refractivity contribution in [3.05, 3.63) is 24.3 Å². The Hall–Kier alpha value is -1.54. The van der Waals surface area contributed by atoms with Crippen LogP contribution in [0.15, 0.2) is 29.3 Å². The Bertz CT molecular complexity index is 818. The Morgan fingerprint density at radius 2 is 2.08 bits per heavy atom. The van der Waals surface area contributed by atoms with Crippen molar-refractivity contribution in [2.45, 2.75) is 38.0 Å². The highest BCUT2D eigenvalue weighted by Gasteiger charge is 2.49. The molecule has 0 spiro atoms. The lowest BCUT2D eigenvalue weighted by Crippen LogP contribution is -2.37. The minimum Gasteiger partial charge on any atom is -0.497 e. The predicted octanol–water partition coefficient (Wildman–Crippen LogP) is 2.73. The molecule has 0 unspecified atom stereocenters. The van der Waals surface area contributed by atoms with Gasteiger partial charge in [0.15, 0.2) is 15.0 Å². The predicted molar refractivity (Wildman–Crippen MR) is 106 cm³/mol. The van der Waals surface area contributed by atoms with Gasteiger partial charge in [-0.25, -0.2) is 8.42 Å². The summed E-state index contributed by atoms with van der Waals surface area (Å²) in [6.07, 6.45) is 1.49. The van der Waals surface area contributed by atoms with Crippen LogP contribution in [0, 0.1) is 5.92 Å². The number of aliphatic imine (C=N–C) groups is 1. The second-order valence-electron chi connectivity index (χ2n) is 6.62. The fraction of sp³-hybridized carbons (Fsp3) is 0.556. The molecular formula is C18H24N2O4S2. The van der Waals surface area contributed by atoms with Gasteiger partial charge < -0.3 is 9.64 Å². The molecule has 0 N–H and O–H groups in total. The van der Waals surface area contributed by atoms with E-state index in [4.69, 9.17) is 4.74 Å². The first-order valence-corrected chi connectivity index (χ1v) is 11.5. The fourth-order valence-electron chi connectivity index (χ4n) is 3.45. The van der Waals surface area contributed by atoms with Crippen LogP contribution in [0.2, 0.25) is 0 Å². The van der Waals surface area contributed by atoms with Gasteiger partial charge >= 0.3 is 0 Å². The molecule has 1 amide bonds. The Morgan fingerprint density at radius 3 is 2.73 bits per heavy atom. The van der Waals surface area contributed by atoms with Crippen molar-refractivity contribution in [2.24, 2.45) is 10.9 Å². The largest absolute Gasteiger partial charge is 0.497 e. The van der Waals surface area contributed by atoms with Gasteiger partial charge in [0.1, 0.15) is 5.75 Å². The van der Waals surface area contributed by atoms with Crippen molar-refractivity contribution in [3.63, 3.8) is 0 Å². The van der Waals surface area contributed by atoms with Crippen LogP contribution in [0.4, 0.5) is 5.69 Å². The van der Waals surface area contributed by atoms with Crippen LogP contribution in [0.25, 0.3) is 0 Å². The maximum atomic E-state index is 12.5. The molecular weight excluding hydrogens is 372 g/mol. The smallest absolute Gasteiger partial charge is 0.251 e. The monoisotopic (exact) mass is 396 g/mol. The number of rotatable bonds is 5. The van der Waals surface area contributed by atoms with E-state index in [1.807, 2.05) is 43.0 Å². The number of methoxy groups -OCH3 is 1. The number of ether oxygens (including phenoxy) is 1. The lowest BCUT2D eigenvalue weighted by atomic mass is 10.0. The summed E-state index contributed by atoms with van der Waals surface area (Å²) < 4.78 is 29.5. The van der Waals surface area contributed by atoms with Crippen LogP contribution in [0.5, 0.6) is 5.75 Å². The zero-order valence-electron chi connectivity index (χ0n) is 15.2. The minimum absolute atomic E-state index is 0.0834. The molecule has 2 fully saturated rings. The van der Waals surface area contributed by atoms with E-state index in [0.29, 0.717) is 10.9 Å². The van der Waals surface area contributed by atoms with Gasteiger partial charge in [-0.3, -0.25) is 4.79 Å². The zero-order chi connectivity index (χ0) is 18.9. The van der Waals surface area contributed by atoms with Crippen LogP contribution in [-0.4, -0.2) is 49.4 Å². The van der Waals surface area contributed by atoms with E-state index in [0.717, 1.165) is 18.5 Å². The summed E-state index contributed by atoms with van der Waals surface area (Å²) in [6, 6.07) is 7.24. The number of thioether (sulfide) groups is 1. The van der Waals surface area contributed by atoms with E-state index >= 15 is 0 Å². The van der Waals surface area contributed by atoms with Crippen molar-refractivity contribution in [2.75, 3.05) is 23.5 Å². The van der Waals surface area contributed by atoms with Crippen LogP contribution in [-0.2, 0) is 14.6 Å². The third-order valence-electron chi connectivity index (χ3n) is 4.94. The van der Waals surface area contributed by atoms with Crippen LogP contribution in [0.3, 0.4) is 0 Å². The Morgan fingerprint density at radius 1 is 1.35 bits per heavy atom. The first kappa shape index (κ1) is 19.2. The number of anilines is 1. The summed E-state index contributed by atoms with van der Waals surface area (Å²) in [6.45, 7) is 3.96. The Balaban J connectivity index is 1.99. The molecule has 3 rings (SSSR count).